The van der Waals surface area contributed by atoms with E-state index in [1.807, 2.05) is 66.1 Å². The van der Waals surface area contributed by atoms with Gasteiger partial charge in [-0.25, -0.2) is 0 Å². The molecule has 148 valence electrons. The molecule has 1 amide bonds. The summed E-state index contributed by atoms with van der Waals surface area (Å²) in [4.78, 5) is 15.2. The van der Waals surface area contributed by atoms with E-state index in [-0.39, 0.29) is 25.1 Å². The maximum atomic E-state index is 13.4. The molecule has 1 aliphatic heterocycles. The summed E-state index contributed by atoms with van der Waals surface area (Å²) in [6.45, 7) is 2.69. The Kier molecular flexibility index (Phi) is 5.34. The molecule has 0 aliphatic carbocycles. The molecule has 4 rings (SSSR count). The first kappa shape index (κ1) is 19.2. The molecule has 0 spiro atoms. The van der Waals surface area contributed by atoms with Crippen molar-refractivity contribution in [1.29, 1.82) is 5.26 Å². The van der Waals surface area contributed by atoms with E-state index in [1.54, 1.807) is 4.90 Å². The van der Waals surface area contributed by atoms with Gasteiger partial charge in [-0.2, -0.15) is 5.26 Å². The fourth-order valence-electron chi connectivity index (χ4n) is 4.21. The summed E-state index contributed by atoms with van der Waals surface area (Å²) < 4.78 is 7.65. The molecule has 1 aromatic heterocycles. The van der Waals surface area contributed by atoms with Crippen molar-refractivity contribution in [2.24, 2.45) is 0 Å². The monoisotopic (exact) mass is 389 g/mol. The van der Waals surface area contributed by atoms with Gasteiger partial charge >= 0.3 is 0 Å². The van der Waals surface area contributed by atoms with Gasteiger partial charge in [0.15, 0.2) is 0 Å². The third kappa shape index (κ3) is 3.39. The van der Waals surface area contributed by atoms with E-state index in [0.717, 1.165) is 22.2 Å². The van der Waals surface area contributed by atoms with Gasteiger partial charge in [0, 0.05) is 17.6 Å². The zero-order valence-corrected chi connectivity index (χ0v) is 16.3. The number of amides is 1. The number of rotatable bonds is 4. The molecule has 29 heavy (non-hydrogen) atoms. The van der Waals surface area contributed by atoms with Crippen molar-refractivity contribution in [1.82, 2.24) is 9.47 Å². The molecule has 1 saturated heterocycles. The number of nitriles is 1. The summed E-state index contributed by atoms with van der Waals surface area (Å²) in [5.41, 5.74) is 3.19. The number of hydrogen-bond acceptors (Lipinski definition) is 4. The number of carbonyl (C=O) groups is 1. The lowest BCUT2D eigenvalue weighted by atomic mass is 9.98. The smallest absolute Gasteiger partial charge is 0.243 e. The van der Waals surface area contributed by atoms with E-state index in [1.165, 1.54) is 0 Å². The van der Waals surface area contributed by atoms with Crippen molar-refractivity contribution in [2.45, 2.75) is 25.6 Å². The Hall–Kier alpha value is -3.14. The minimum atomic E-state index is -0.465. The number of aromatic nitrogens is 1. The first-order valence-corrected chi connectivity index (χ1v) is 9.70. The number of aliphatic hydroxyl groups is 1. The first-order chi connectivity index (χ1) is 14.2. The summed E-state index contributed by atoms with van der Waals surface area (Å²) in [7, 11) is 0. The van der Waals surface area contributed by atoms with Crippen LogP contribution >= 0.6 is 0 Å². The van der Waals surface area contributed by atoms with Crippen LogP contribution in [0, 0.1) is 18.3 Å². The molecule has 6 nitrogen and oxygen atoms in total. The van der Waals surface area contributed by atoms with Crippen molar-refractivity contribution in [3.8, 4) is 6.07 Å². The standard InChI is InChI=1S/C23H23N3O3/c1-16-19(13-24)18-9-5-6-10-20(18)26(16)14-22(28)25-11-12-29-21(15-27)23(25)17-7-3-2-4-8-17/h2-10,21,23,27H,11-12,14-15H2,1H3/t21-,23-/m0/s1. The average molecular weight is 389 g/mol. The van der Waals surface area contributed by atoms with Crippen molar-refractivity contribution >= 4 is 16.8 Å². The molecule has 2 aromatic carbocycles. The second-order valence-electron chi connectivity index (χ2n) is 7.21. The van der Waals surface area contributed by atoms with Crippen molar-refractivity contribution in [3.63, 3.8) is 0 Å². The number of fused-ring (bicyclic) bond motifs is 1. The molecule has 0 bridgehead atoms. The third-order valence-corrected chi connectivity index (χ3v) is 5.63. The normalized spacial score (nSPS) is 19.3. The van der Waals surface area contributed by atoms with Crippen LogP contribution in [0.4, 0.5) is 0 Å². The largest absolute Gasteiger partial charge is 0.394 e. The van der Waals surface area contributed by atoms with E-state index in [4.69, 9.17) is 4.74 Å². The van der Waals surface area contributed by atoms with Crippen molar-refractivity contribution in [2.75, 3.05) is 19.8 Å². The van der Waals surface area contributed by atoms with Crippen LogP contribution in [0.2, 0.25) is 0 Å². The van der Waals surface area contributed by atoms with Crippen LogP contribution in [-0.4, -0.2) is 46.3 Å². The van der Waals surface area contributed by atoms with Gasteiger partial charge in [-0.3, -0.25) is 4.79 Å². The second-order valence-corrected chi connectivity index (χ2v) is 7.21. The Morgan fingerprint density at radius 1 is 1.21 bits per heavy atom. The van der Waals surface area contributed by atoms with Crippen molar-refractivity contribution in [3.05, 3.63) is 71.4 Å². The Balaban J connectivity index is 1.70. The summed E-state index contributed by atoms with van der Waals surface area (Å²) in [6, 6.07) is 19.2. The third-order valence-electron chi connectivity index (χ3n) is 5.63. The van der Waals surface area contributed by atoms with Gasteiger partial charge in [-0.05, 0) is 18.6 Å². The van der Waals surface area contributed by atoms with Crippen LogP contribution in [0.1, 0.15) is 22.9 Å². The van der Waals surface area contributed by atoms with E-state index in [9.17, 15) is 15.2 Å². The van der Waals surface area contributed by atoms with Crippen LogP contribution < -0.4 is 0 Å². The van der Waals surface area contributed by atoms with Crippen molar-refractivity contribution < 1.29 is 14.6 Å². The van der Waals surface area contributed by atoms with Gasteiger partial charge in [-0.1, -0.05) is 48.5 Å². The number of carbonyl (C=O) groups excluding carboxylic acids is 1. The number of benzene rings is 2. The number of nitrogens with zero attached hydrogens (tertiary/aromatic N) is 3. The molecule has 1 fully saturated rings. The van der Waals surface area contributed by atoms with Gasteiger partial charge in [-0.15, -0.1) is 0 Å². The molecule has 0 unspecified atom stereocenters. The van der Waals surface area contributed by atoms with Gasteiger partial charge in [0.25, 0.3) is 0 Å². The number of para-hydroxylation sites is 1. The van der Waals surface area contributed by atoms with E-state index < -0.39 is 6.10 Å². The Morgan fingerprint density at radius 2 is 1.93 bits per heavy atom. The van der Waals surface area contributed by atoms with Crippen LogP contribution in [-0.2, 0) is 16.1 Å². The maximum Gasteiger partial charge on any atom is 0.243 e. The molecule has 1 aliphatic rings. The molecular formula is C23H23N3O3. The van der Waals surface area contributed by atoms with Crippen LogP contribution in [0.3, 0.4) is 0 Å². The fourth-order valence-corrected chi connectivity index (χ4v) is 4.21. The SMILES string of the molecule is Cc1c(C#N)c2ccccc2n1CC(=O)N1CCO[C@@H](CO)[C@@H]1c1ccccc1. The maximum absolute atomic E-state index is 13.4. The highest BCUT2D eigenvalue weighted by Crippen LogP contribution is 2.31. The average Bonchev–Trinajstić information content (AvgIpc) is 3.04. The lowest BCUT2D eigenvalue weighted by molar-refractivity contribution is -0.150. The lowest BCUT2D eigenvalue weighted by Gasteiger charge is -2.41. The summed E-state index contributed by atoms with van der Waals surface area (Å²) in [5.74, 6) is -0.0612. The Bertz CT molecular complexity index is 1070. The molecule has 2 atom stereocenters. The zero-order chi connectivity index (χ0) is 20.4. The van der Waals surface area contributed by atoms with Gasteiger partial charge in [0.05, 0.1) is 30.3 Å². The van der Waals surface area contributed by atoms with Gasteiger partial charge in [0.2, 0.25) is 5.91 Å². The van der Waals surface area contributed by atoms with Crippen LogP contribution in [0.25, 0.3) is 10.9 Å². The highest BCUT2D eigenvalue weighted by molar-refractivity contribution is 5.89. The second kappa shape index (κ2) is 8.08. The van der Waals surface area contributed by atoms with Gasteiger partial charge in [0.1, 0.15) is 18.7 Å². The first-order valence-electron chi connectivity index (χ1n) is 9.70. The molecule has 2 heterocycles. The number of ether oxygens (including phenoxy) is 1. The molecule has 0 radical (unpaired) electrons. The highest BCUT2D eigenvalue weighted by atomic mass is 16.5. The zero-order valence-electron chi connectivity index (χ0n) is 16.3. The molecule has 0 saturated carbocycles. The minimum Gasteiger partial charge on any atom is -0.394 e. The molecule has 3 aromatic rings. The van der Waals surface area contributed by atoms with E-state index in [0.29, 0.717) is 18.7 Å². The summed E-state index contributed by atoms with van der Waals surface area (Å²) in [5, 5.41) is 20.3. The highest BCUT2D eigenvalue weighted by Gasteiger charge is 2.36. The summed E-state index contributed by atoms with van der Waals surface area (Å²) in [6.07, 6.45) is -0.465. The quantitative estimate of drug-likeness (QED) is 0.744. The Morgan fingerprint density at radius 3 is 2.66 bits per heavy atom. The minimum absolute atomic E-state index is 0.0612. The number of aliphatic hydroxyl groups excluding tert-OH is 1. The molecular weight excluding hydrogens is 366 g/mol. The van der Waals surface area contributed by atoms with Crippen LogP contribution in [0.5, 0.6) is 0 Å². The predicted molar refractivity (Wildman–Crippen MR) is 109 cm³/mol. The predicted octanol–water partition coefficient (Wildman–Crippen LogP) is 2.78. The fraction of sp³-hybridized carbons (Fsp3) is 0.304. The van der Waals surface area contributed by atoms with Crippen LogP contribution in [0.15, 0.2) is 54.6 Å². The molecule has 6 heteroatoms. The molecule has 1 N–H and O–H groups in total. The van der Waals surface area contributed by atoms with E-state index >= 15 is 0 Å². The van der Waals surface area contributed by atoms with E-state index in [2.05, 4.69) is 6.07 Å². The van der Waals surface area contributed by atoms with Gasteiger partial charge < -0.3 is 19.3 Å². The number of morpholine rings is 1. The summed E-state index contributed by atoms with van der Waals surface area (Å²) >= 11 is 0. The Labute approximate surface area is 169 Å². The number of hydrogen-bond donors (Lipinski definition) is 1. The topological polar surface area (TPSA) is 78.5 Å². The lowest BCUT2D eigenvalue weighted by Crippen LogP contribution is -2.50.